The van der Waals surface area contributed by atoms with Crippen LogP contribution in [0.1, 0.15) is 47.0 Å². The molecule has 0 aromatic rings. The number of hydrogen-bond donors (Lipinski definition) is 1. The first-order valence-electron chi connectivity index (χ1n) is 5.81. The second kappa shape index (κ2) is 7.30. The molecule has 0 rings (SSSR count). The van der Waals surface area contributed by atoms with Crippen molar-refractivity contribution in [3.8, 4) is 12.3 Å². The standard InChI is InChI=1S/C15H24O/c1-6-15(4,5)11-10-13(2)8-7-9-14(3)12-16/h1,9-10,16H,7-8,11-12H2,2-5H3/b13-10+,14-9+. The Hall–Kier alpha value is -1.00. The van der Waals surface area contributed by atoms with E-state index >= 15 is 0 Å². The summed E-state index contributed by atoms with van der Waals surface area (Å²) >= 11 is 0. The molecule has 0 fully saturated rings. The Labute approximate surface area is 100 Å². The molecular weight excluding hydrogens is 196 g/mol. The second-order valence-corrected chi connectivity index (χ2v) is 5.03. The van der Waals surface area contributed by atoms with Gasteiger partial charge in [-0.15, -0.1) is 12.3 Å². The quantitative estimate of drug-likeness (QED) is 0.534. The second-order valence-electron chi connectivity index (χ2n) is 5.03. The first-order valence-corrected chi connectivity index (χ1v) is 5.81. The zero-order valence-corrected chi connectivity index (χ0v) is 11.0. The lowest BCUT2D eigenvalue weighted by molar-refractivity contribution is 0.331. The van der Waals surface area contributed by atoms with Crippen molar-refractivity contribution in [3.63, 3.8) is 0 Å². The Balaban J connectivity index is 4.04. The summed E-state index contributed by atoms with van der Waals surface area (Å²) in [6.45, 7) is 8.39. The van der Waals surface area contributed by atoms with Gasteiger partial charge < -0.3 is 5.11 Å². The third kappa shape index (κ3) is 7.31. The van der Waals surface area contributed by atoms with E-state index in [1.165, 1.54) is 5.57 Å². The lowest BCUT2D eigenvalue weighted by Gasteiger charge is -2.14. The molecule has 0 aromatic heterocycles. The molecule has 0 radical (unpaired) electrons. The van der Waals surface area contributed by atoms with Gasteiger partial charge in [-0.3, -0.25) is 0 Å². The normalized spacial score (nSPS) is 13.8. The van der Waals surface area contributed by atoms with Crippen LogP contribution in [0.3, 0.4) is 0 Å². The maximum Gasteiger partial charge on any atom is 0.0639 e. The minimum atomic E-state index is -0.0435. The van der Waals surface area contributed by atoms with E-state index in [0.29, 0.717) is 0 Å². The van der Waals surface area contributed by atoms with Crippen molar-refractivity contribution in [2.75, 3.05) is 6.61 Å². The Bertz CT molecular complexity index is 300. The average Bonchev–Trinajstić information content (AvgIpc) is 2.26. The van der Waals surface area contributed by atoms with E-state index < -0.39 is 0 Å². The smallest absolute Gasteiger partial charge is 0.0639 e. The van der Waals surface area contributed by atoms with E-state index in [2.05, 4.69) is 38.8 Å². The molecule has 1 heteroatoms. The van der Waals surface area contributed by atoms with Gasteiger partial charge in [-0.1, -0.05) is 23.3 Å². The molecule has 0 spiro atoms. The zero-order chi connectivity index (χ0) is 12.6. The molecule has 1 nitrogen and oxygen atoms in total. The SMILES string of the molecule is C#CC(C)(C)C/C=C(\C)CC/C=C(\C)CO. The number of allylic oxidation sites excluding steroid dienone is 3. The maximum absolute atomic E-state index is 8.84. The van der Waals surface area contributed by atoms with Gasteiger partial charge >= 0.3 is 0 Å². The van der Waals surface area contributed by atoms with Crippen LogP contribution in [0.5, 0.6) is 0 Å². The van der Waals surface area contributed by atoms with E-state index in [-0.39, 0.29) is 12.0 Å². The highest BCUT2D eigenvalue weighted by molar-refractivity contribution is 5.09. The fourth-order valence-corrected chi connectivity index (χ4v) is 1.20. The Morgan fingerprint density at radius 2 is 1.88 bits per heavy atom. The van der Waals surface area contributed by atoms with Gasteiger partial charge in [-0.05, 0) is 47.0 Å². The fraction of sp³-hybridized carbons (Fsp3) is 0.600. The molecule has 16 heavy (non-hydrogen) atoms. The molecule has 0 atom stereocenters. The monoisotopic (exact) mass is 220 g/mol. The number of terminal acetylenes is 1. The van der Waals surface area contributed by atoms with E-state index in [0.717, 1.165) is 24.8 Å². The van der Waals surface area contributed by atoms with E-state index in [4.69, 9.17) is 11.5 Å². The topological polar surface area (TPSA) is 20.2 Å². The third-order valence-corrected chi connectivity index (χ3v) is 2.63. The summed E-state index contributed by atoms with van der Waals surface area (Å²) in [6, 6.07) is 0. The third-order valence-electron chi connectivity index (χ3n) is 2.63. The van der Waals surface area contributed by atoms with Crippen LogP contribution in [0, 0.1) is 17.8 Å². The molecule has 0 unspecified atom stereocenters. The molecule has 0 aromatic carbocycles. The Morgan fingerprint density at radius 3 is 2.38 bits per heavy atom. The fourth-order valence-electron chi connectivity index (χ4n) is 1.20. The molecule has 0 bridgehead atoms. The van der Waals surface area contributed by atoms with Crippen molar-refractivity contribution < 1.29 is 5.11 Å². The van der Waals surface area contributed by atoms with Crippen LogP contribution in [0.15, 0.2) is 23.3 Å². The van der Waals surface area contributed by atoms with Gasteiger partial charge in [-0.25, -0.2) is 0 Å². The van der Waals surface area contributed by atoms with Gasteiger partial charge in [0.15, 0.2) is 0 Å². The zero-order valence-electron chi connectivity index (χ0n) is 11.0. The summed E-state index contributed by atoms with van der Waals surface area (Å²) in [5.41, 5.74) is 2.36. The van der Waals surface area contributed by atoms with Gasteiger partial charge in [0.25, 0.3) is 0 Å². The van der Waals surface area contributed by atoms with Crippen molar-refractivity contribution in [1.29, 1.82) is 0 Å². The molecule has 0 amide bonds. The summed E-state index contributed by atoms with van der Waals surface area (Å²) in [6.07, 6.45) is 12.7. The maximum atomic E-state index is 8.84. The number of hydrogen-bond acceptors (Lipinski definition) is 1. The lowest BCUT2D eigenvalue weighted by atomic mass is 9.89. The minimum absolute atomic E-state index is 0.0435. The van der Waals surface area contributed by atoms with Gasteiger partial charge in [0, 0.05) is 5.41 Å². The Kier molecular flexibility index (Phi) is 6.85. The summed E-state index contributed by atoms with van der Waals surface area (Å²) < 4.78 is 0. The summed E-state index contributed by atoms with van der Waals surface area (Å²) in [4.78, 5) is 0. The molecule has 90 valence electrons. The highest BCUT2D eigenvalue weighted by atomic mass is 16.3. The van der Waals surface area contributed by atoms with Crippen LogP contribution in [0.2, 0.25) is 0 Å². The number of aliphatic hydroxyl groups is 1. The van der Waals surface area contributed by atoms with Gasteiger partial charge in [0.1, 0.15) is 0 Å². The van der Waals surface area contributed by atoms with Crippen LogP contribution in [-0.4, -0.2) is 11.7 Å². The molecule has 0 heterocycles. The van der Waals surface area contributed by atoms with Crippen LogP contribution < -0.4 is 0 Å². The summed E-state index contributed by atoms with van der Waals surface area (Å²) in [5, 5.41) is 8.84. The molecule has 1 N–H and O–H groups in total. The number of aliphatic hydroxyl groups excluding tert-OH is 1. The largest absolute Gasteiger partial charge is 0.392 e. The van der Waals surface area contributed by atoms with E-state index in [1.54, 1.807) is 0 Å². The van der Waals surface area contributed by atoms with E-state index in [1.807, 2.05) is 6.92 Å². The van der Waals surface area contributed by atoms with Crippen molar-refractivity contribution in [3.05, 3.63) is 23.3 Å². The predicted molar refractivity (Wildman–Crippen MR) is 71.1 cm³/mol. The lowest BCUT2D eigenvalue weighted by Crippen LogP contribution is -2.05. The Morgan fingerprint density at radius 1 is 1.25 bits per heavy atom. The van der Waals surface area contributed by atoms with Gasteiger partial charge in [0.05, 0.1) is 6.61 Å². The first-order chi connectivity index (χ1) is 7.41. The highest BCUT2D eigenvalue weighted by Gasteiger charge is 2.11. The molecule has 0 saturated heterocycles. The van der Waals surface area contributed by atoms with Gasteiger partial charge in [0.2, 0.25) is 0 Å². The predicted octanol–water partition coefficient (Wildman–Crippen LogP) is 3.70. The van der Waals surface area contributed by atoms with Crippen molar-refractivity contribution >= 4 is 0 Å². The average molecular weight is 220 g/mol. The van der Waals surface area contributed by atoms with Crippen molar-refractivity contribution in [2.24, 2.45) is 5.41 Å². The molecule has 0 aliphatic rings. The molecule has 0 saturated carbocycles. The van der Waals surface area contributed by atoms with Crippen molar-refractivity contribution in [2.45, 2.75) is 47.0 Å². The number of rotatable bonds is 6. The summed E-state index contributed by atoms with van der Waals surface area (Å²) in [5.74, 6) is 2.79. The van der Waals surface area contributed by atoms with Crippen LogP contribution >= 0.6 is 0 Å². The summed E-state index contributed by atoms with van der Waals surface area (Å²) in [7, 11) is 0. The van der Waals surface area contributed by atoms with Crippen LogP contribution in [-0.2, 0) is 0 Å². The molecule has 0 aliphatic heterocycles. The van der Waals surface area contributed by atoms with Crippen LogP contribution in [0.25, 0.3) is 0 Å². The molecule has 0 aliphatic carbocycles. The molecular formula is C15H24O. The van der Waals surface area contributed by atoms with Gasteiger partial charge in [-0.2, -0.15) is 0 Å². The highest BCUT2D eigenvalue weighted by Crippen LogP contribution is 2.21. The van der Waals surface area contributed by atoms with Crippen LogP contribution in [0.4, 0.5) is 0 Å². The first kappa shape index (κ1) is 15.0. The minimum Gasteiger partial charge on any atom is -0.392 e. The van der Waals surface area contributed by atoms with Crippen molar-refractivity contribution in [1.82, 2.24) is 0 Å². The van der Waals surface area contributed by atoms with E-state index in [9.17, 15) is 0 Å².